The molecule has 1 aliphatic rings. The van der Waals surface area contributed by atoms with Gasteiger partial charge in [-0.1, -0.05) is 91.3 Å². The summed E-state index contributed by atoms with van der Waals surface area (Å²) in [5, 5.41) is 13.0. The molecule has 1 fully saturated rings. The lowest BCUT2D eigenvalue weighted by Gasteiger charge is -2.26. The third kappa shape index (κ3) is 2.94. The van der Waals surface area contributed by atoms with E-state index < -0.39 is 7.14 Å². The number of benzene rings is 3. The molecule has 1 N–H and O–H groups in total. The monoisotopic (exact) mass is 362 g/mol. The Bertz CT molecular complexity index is 878. The summed E-state index contributed by atoms with van der Waals surface area (Å²) in [6, 6.07) is 27.5. The highest BCUT2D eigenvalue weighted by Gasteiger charge is 2.36. The van der Waals surface area contributed by atoms with E-state index in [1.165, 1.54) is 0 Å². The van der Waals surface area contributed by atoms with E-state index in [2.05, 4.69) is 0 Å². The van der Waals surface area contributed by atoms with E-state index in [-0.39, 0.29) is 12.0 Å². The van der Waals surface area contributed by atoms with Gasteiger partial charge in [-0.05, 0) is 18.4 Å². The van der Waals surface area contributed by atoms with Crippen molar-refractivity contribution in [2.45, 2.75) is 31.3 Å². The molecule has 0 aliphatic heterocycles. The third-order valence-corrected chi connectivity index (χ3v) is 8.53. The van der Waals surface area contributed by atoms with Crippen molar-refractivity contribution < 1.29 is 9.67 Å². The summed E-state index contributed by atoms with van der Waals surface area (Å²) < 4.78 is 14.6. The largest absolute Gasteiger partial charge is 0.392 e. The number of rotatable bonds is 4. The van der Waals surface area contributed by atoms with Crippen LogP contribution in [0.15, 0.2) is 84.9 Å². The number of aliphatic hydroxyl groups excluding tert-OH is 1. The molecule has 0 saturated heterocycles. The van der Waals surface area contributed by atoms with Crippen molar-refractivity contribution in [3.63, 3.8) is 0 Å². The Kier molecular flexibility index (Phi) is 4.80. The first kappa shape index (κ1) is 17.3. The molecule has 2 unspecified atom stereocenters. The summed E-state index contributed by atoms with van der Waals surface area (Å²) in [5.74, 6) is 0.0620. The second-order valence-electron chi connectivity index (χ2n) is 6.94. The van der Waals surface area contributed by atoms with Gasteiger partial charge in [0, 0.05) is 21.8 Å². The van der Waals surface area contributed by atoms with Gasteiger partial charge in [-0.25, -0.2) is 0 Å². The fourth-order valence-electron chi connectivity index (χ4n) is 4.09. The minimum absolute atomic E-state index is 0.0620. The zero-order valence-electron chi connectivity index (χ0n) is 14.7. The van der Waals surface area contributed by atoms with Crippen LogP contribution < -0.4 is 15.9 Å². The lowest BCUT2D eigenvalue weighted by atomic mass is 9.96. The molecule has 4 rings (SSSR count). The summed E-state index contributed by atoms with van der Waals surface area (Å²) in [6.45, 7) is 0. The molecular formula is C23H23O2P. The van der Waals surface area contributed by atoms with E-state index in [1.54, 1.807) is 0 Å². The average Bonchev–Trinajstić information content (AvgIpc) is 3.14. The highest BCUT2D eigenvalue weighted by Crippen LogP contribution is 2.46. The van der Waals surface area contributed by atoms with Crippen LogP contribution in [0.3, 0.4) is 0 Å². The smallest absolute Gasteiger partial charge is 0.171 e. The SMILES string of the molecule is O=P(c1ccccc1)(c1ccccc1)c1ccccc1C1CCCC1O. The third-order valence-electron chi connectivity index (χ3n) is 5.39. The van der Waals surface area contributed by atoms with Gasteiger partial charge >= 0.3 is 0 Å². The Morgan fingerprint density at radius 3 is 1.81 bits per heavy atom. The highest BCUT2D eigenvalue weighted by atomic mass is 31.2. The van der Waals surface area contributed by atoms with Gasteiger partial charge in [0.1, 0.15) is 0 Å². The van der Waals surface area contributed by atoms with E-state index in [0.717, 1.165) is 40.7 Å². The van der Waals surface area contributed by atoms with E-state index >= 15 is 0 Å². The van der Waals surface area contributed by atoms with Crippen LogP contribution in [0.5, 0.6) is 0 Å². The fraction of sp³-hybridized carbons (Fsp3) is 0.217. The zero-order chi connectivity index (χ0) is 18.0. The van der Waals surface area contributed by atoms with Gasteiger partial charge < -0.3 is 9.67 Å². The van der Waals surface area contributed by atoms with Gasteiger partial charge in [-0.3, -0.25) is 0 Å². The van der Waals surface area contributed by atoms with Crippen LogP contribution in [0.2, 0.25) is 0 Å². The van der Waals surface area contributed by atoms with Crippen molar-refractivity contribution >= 4 is 23.1 Å². The first-order valence-electron chi connectivity index (χ1n) is 9.20. The van der Waals surface area contributed by atoms with Crippen LogP contribution in [0, 0.1) is 0 Å². The quantitative estimate of drug-likeness (QED) is 0.714. The van der Waals surface area contributed by atoms with E-state index in [0.29, 0.717) is 0 Å². The van der Waals surface area contributed by atoms with Crippen molar-refractivity contribution in [2.24, 2.45) is 0 Å². The molecule has 132 valence electrons. The topological polar surface area (TPSA) is 37.3 Å². The van der Waals surface area contributed by atoms with E-state index in [4.69, 9.17) is 0 Å². The van der Waals surface area contributed by atoms with Crippen molar-refractivity contribution in [1.82, 2.24) is 0 Å². The number of hydrogen-bond acceptors (Lipinski definition) is 2. The first-order valence-corrected chi connectivity index (χ1v) is 10.9. The highest BCUT2D eigenvalue weighted by molar-refractivity contribution is 7.85. The molecule has 3 aromatic carbocycles. The summed E-state index contributed by atoms with van der Waals surface area (Å²) in [4.78, 5) is 0. The molecule has 0 bridgehead atoms. The summed E-state index contributed by atoms with van der Waals surface area (Å²) in [6.07, 6.45) is 2.43. The van der Waals surface area contributed by atoms with Crippen LogP contribution in [0.4, 0.5) is 0 Å². The molecule has 1 aliphatic carbocycles. The molecule has 0 radical (unpaired) electrons. The average molecular weight is 362 g/mol. The van der Waals surface area contributed by atoms with Gasteiger partial charge in [0.2, 0.25) is 0 Å². The Morgan fingerprint density at radius 1 is 0.731 bits per heavy atom. The van der Waals surface area contributed by atoms with Gasteiger partial charge in [-0.2, -0.15) is 0 Å². The predicted molar refractivity (Wildman–Crippen MR) is 108 cm³/mol. The molecular weight excluding hydrogens is 339 g/mol. The molecule has 2 nitrogen and oxygen atoms in total. The minimum Gasteiger partial charge on any atom is -0.392 e. The molecule has 2 atom stereocenters. The zero-order valence-corrected chi connectivity index (χ0v) is 15.6. The van der Waals surface area contributed by atoms with Gasteiger partial charge in [0.25, 0.3) is 0 Å². The second kappa shape index (κ2) is 7.23. The molecule has 0 aromatic heterocycles. The van der Waals surface area contributed by atoms with Crippen molar-refractivity contribution in [1.29, 1.82) is 0 Å². The van der Waals surface area contributed by atoms with Gasteiger partial charge in [0.15, 0.2) is 7.14 Å². The summed E-state index contributed by atoms with van der Waals surface area (Å²) in [7, 11) is -3.00. The normalized spacial score (nSPS) is 20.2. The van der Waals surface area contributed by atoms with Gasteiger partial charge in [-0.15, -0.1) is 0 Å². The van der Waals surface area contributed by atoms with Crippen molar-refractivity contribution in [3.8, 4) is 0 Å². The predicted octanol–water partition coefficient (Wildman–Crippen LogP) is 3.95. The Balaban J connectivity index is 1.96. The van der Waals surface area contributed by atoms with Crippen LogP contribution in [-0.4, -0.2) is 11.2 Å². The van der Waals surface area contributed by atoms with Crippen LogP contribution in [0.25, 0.3) is 0 Å². The summed E-state index contributed by atoms with van der Waals surface area (Å²) >= 11 is 0. The molecule has 26 heavy (non-hydrogen) atoms. The lowest BCUT2D eigenvalue weighted by Crippen LogP contribution is -2.29. The Morgan fingerprint density at radius 2 is 1.27 bits per heavy atom. The summed E-state index contributed by atoms with van der Waals surface area (Å²) in [5.41, 5.74) is 1.04. The number of aliphatic hydroxyl groups is 1. The molecule has 0 heterocycles. The van der Waals surface area contributed by atoms with Crippen LogP contribution in [-0.2, 0) is 4.57 Å². The lowest BCUT2D eigenvalue weighted by molar-refractivity contribution is 0.164. The fourth-order valence-corrected chi connectivity index (χ4v) is 7.03. The molecule has 0 amide bonds. The van der Waals surface area contributed by atoms with Gasteiger partial charge in [0.05, 0.1) is 6.10 Å². The van der Waals surface area contributed by atoms with E-state index in [9.17, 15) is 9.67 Å². The first-order chi connectivity index (χ1) is 12.7. The maximum Gasteiger partial charge on any atom is 0.171 e. The van der Waals surface area contributed by atoms with Crippen LogP contribution in [0.1, 0.15) is 30.7 Å². The molecule has 3 aromatic rings. The Hall–Kier alpha value is -2.15. The van der Waals surface area contributed by atoms with E-state index in [1.807, 2.05) is 84.9 Å². The second-order valence-corrected chi connectivity index (χ2v) is 9.68. The maximum absolute atomic E-state index is 14.6. The maximum atomic E-state index is 14.6. The number of hydrogen-bond donors (Lipinski definition) is 1. The molecule has 0 spiro atoms. The standard InChI is InChI=1S/C23H23O2P/c24-22-16-9-15-20(22)21-14-7-8-17-23(21)26(25,18-10-3-1-4-11-18)19-12-5-2-6-13-19/h1-8,10-14,17,20,22,24H,9,15-16H2. The molecule has 1 saturated carbocycles. The van der Waals surface area contributed by atoms with Crippen molar-refractivity contribution in [2.75, 3.05) is 0 Å². The molecule has 3 heteroatoms. The van der Waals surface area contributed by atoms with Crippen molar-refractivity contribution in [3.05, 3.63) is 90.5 Å². The minimum atomic E-state index is -3.00. The van der Waals surface area contributed by atoms with Crippen LogP contribution >= 0.6 is 7.14 Å². The Labute approximate surface area is 154 Å².